The number of hydrogen-bond acceptors (Lipinski definition) is 2. The van der Waals surface area contributed by atoms with E-state index in [0.717, 1.165) is 12.6 Å². The quantitative estimate of drug-likeness (QED) is 0.821. The molecule has 1 nitrogen and oxygen atoms in total. The topological polar surface area (TPSA) is 12.0 Å². The van der Waals surface area contributed by atoms with Gasteiger partial charge in [-0.25, -0.2) is 0 Å². The van der Waals surface area contributed by atoms with E-state index in [9.17, 15) is 0 Å². The van der Waals surface area contributed by atoms with Gasteiger partial charge in [0.2, 0.25) is 0 Å². The molecule has 1 fully saturated rings. The summed E-state index contributed by atoms with van der Waals surface area (Å²) >= 11 is 1.79. The van der Waals surface area contributed by atoms with E-state index in [4.69, 9.17) is 0 Å². The van der Waals surface area contributed by atoms with Crippen molar-refractivity contribution in [1.29, 1.82) is 0 Å². The van der Waals surface area contributed by atoms with E-state index in [1.54, 1.807) is 11.3 Å². The van der Waals surface area contributed by atoms with Crippen molar-refractivity contribution in [1.82, 2.24) is 5.32 Å². The van der Waals surface area contributed by atoms with Gasteiger partial charge in [-0.1, -0.05) is 20.3 Å². The molecule has 15 heavy (non-hydrogen) atoms. The smallest absolute Gasteiger partial charge is 0.0216 e. The minimum Gasteiger partial charge on any atom is -0.310 e. The highest BCUT2D eigenvalue weighted by Crippen LogP contribution is 2.35. The Hall–Kier alpha value is -0.340. The van der Waals surface area contributed by atoms with E-state index in [1.165, 1.54) is 31.2 Å². The van der Waals surface area contributed by atoms with Gasteiger partial charge in [0, 0.05) is 12.6 Å². The highest BCUT2D eigenvalue weighted by molar-refractivity contribution is 7.07. The third kappa shape index (κ3) is 3.32. The molecule has 0 amide bonds. The van der Waals surface area contributed by atoms with E-state index >= 15 is 0 Å². The summed E-state index contributed by atoms with van der Waals surface area (Å²) in [6.07, 6.45) is 5.46. The molecule has 1 heterocycles. The fraction of sp³-hybridized carbons (Fsp3) is 0.692. The fourth-order valence-electron chi connectivity index (χ4n) is 2.53. The number of nitrogens with one attached hydrogen (secondary N) is 1. The summed E-state index contributed by atoms with van der Waals surface area (Å²) in [6, 6.07) is 2.94. The monoisotopic (exact) mass is 223 g/mol. The number of rotatable bonds is 3. The SMILES string of the molecule is CC1(C)CCCC(NCc2ccsc2)C1. The average molecular weight is 223 g/mol. The molecule has 1 aliphatic rings. The molecule has 1 unspecified atom stereocenters. The summed E-state index contributed by atoms with van der Waals surface area (Å²) in [5.41, 5.74) is 1.98. The highest BCUT2D eigenvalue weighted by Gasteiger charge is 2.27. The fourth-order valence-corrected chi connectivity index (χ4v) is 3.20. The molecule has 1 aromatic heterocycles. The zero-order valence-corrected chi connectivity index (χ0v) is 10.6. The summed E-state index contributed by atoms with van der Waals surface area (Å²) in [7, 11) is 0. The van der Waals surface area contributed by atoms with Gasteiger partial charge in [0.25, 0.3) is 0 Å². The Labute approximate surface area is 96.9 Å². The van der Waals surface area contributed by atoms with Crippen molar-refractivity contribution in [2.24, 2.45) is 5.41 Å². The first-order valence-electron chi connectivity index (χ1n) is 5.90. The zero-order chi connectivity index (χ0) is 10.7. The second kappa shape index (κ2) is 4.67. The maximum Gasteiger partial charge on any atom is 0.0216 e. The molecular weight excluding hydrogens is 202 g/mol. The zero-order valence-electron chi connectivity index (χ0n) is 9.75. The second-order valence-corrected chi connectivity index (χ2v) is 6.25. The molecule has 1 aromatic rings. The van der Waals surface area contributed by atoms with Crippen molar-refractivity contribution in [3.63, 3.8) is 0 Å². The Bertz CT molecular complexity index is 289. The molecule has 1 N–H and O–H groups in total. The molecule has 0 aromatic carbocycles. The van der Waals surface area contributed by atoms with E-state index in [1.807, 2.05) is 0 Å². The highest BCUT2D eigenvalue weighted by atomic mass is 32.1. The first-order valence-corrected chi connectivity index (χ1v) is 6.84. The van der Waals surface area contributed by atoms with Crippen LogP contribution in [0, 0.1) is 5.41 Å². The minimum atomic E-state index is 0.546. The molecule has 1 saturated carbocycles. The molecule has 0 radical (unpaired) electrons. The van der Waals surface area contributed by atoms with Gasteiger partial charge < -0.3 is 5.32 Å². The number of hydrogen-bond donors (Lipinski definition) is 1. The van der Waals surface area contributed by atoms with Crippen LogP contribution in [0.4, 0.5) is 0 Å². The molecule has 0 saturated heterocycles. The summed E-state index contributed by atoms with van der Waals surface area (Å²) in [5.74, 6) is 0. The van der Waals surface area contributed by atoms with Crippen LogP contribution >= 0.6 is 11.3 Å². The van der Waals surface area contributed by atoms with Gasteiger partial charge in [0.1, 0.15) is 0 Å². The lowest BCUT2D eigenvalue weighted by atomic mass is 9.75. The van der Waals surface area contributed by atoms with Gasteiger partial charge in [-0.2, -0.15) is 11.3 Å². The minimum absolute atomic E-state index is 0.546. The van der Waals surface area contributed by atoms with E-state index in [-0.39, 0.29) is 0 Å². The van der Waals surface area contributed by atoms with Gasteiger partial charge in [-0.15, -0.1) is 0 Å². The van der Waals surface area contributed by atoms with Crippen LogP contribution in [0.3, 0.4) is 0 Å². The molecule has 0 bridgehead atoms. The van der Waals surface area contributed by atoms with Crippen molar-refractivity contribution in [3.05, 3.63) is 22.4 Å². The van der Waals surface area contributed by atoms with E-state index in [2.05, 4.69) is 36.0 Å². The Morgan fingerprint density at radius 1 is 1.53 bits per heavy atom. The standard InChI is InChI=1S/C13H21NS/c1-13(2)6-3-4-12(8-13)14-9-11-5-7-15-10-11/h5,7,10,12,14H,3-4,6,8-9H2,1-2H3. The van der Waals surface area contributed by atoms with Gasteiger partial charge in [-0.3, -0.25) is 0 Å². The molecule has 1 atom stereocenters. The summed E-state index contributed by atoms with van der Waals surface area (Å²) in [6.45, 7) is 5.83. The van der Waals surface area contributed by atoms with Crippen LogP contribution in [0.1, 0.15) is 45.1 Å². The predicted octanol–water partition coefficient (Wildman–Crippen LogP) is 3.81. The third-order valence-corrected chi connectivity index (χ3v) is 4.11. The van der Waals surface area contributed by atoms with Crippen LogP contribution in [-0.2, 0) is 6.54 Å². The van der Waals surface area contributed by atoms with Gasteiger partial charge in [0.05, 0.1) is 0 Å². The van der Waals surface area contributed by atoms with Gasteiger partial charge in [-0.05, 0) is 47.1 Å². The third-order valence-electron chi connectivity index (χ3n) is 3.38. The summed E-state index contributed by atoms with van der Waals surface area (Å²) < 4.78 is 0. The van der Waals surface area contributed by atoms with Crippen molar-refractivity contribution in [2.45, 2.75) is 52.1 Å². The largest absolute Gasteiger partial charge is 0.310 e. The lowest BCUT2D eigenvalue weighted by Gasteiger charge is -2.35. The van der Waals surface area contributed by atoms with Gasteiger partial charge >= 0.3 is 0 Å². The Morgan fingerprint density at radius 3 is 3.07 bits per heavy atom. The van der Waals surface area contributed by atoms with Crippen molar-refractivity contribution >= 4 is 11.3 Å². The summed E-state index contributed by atoms with van der Waals surface area (Å²) in [4.78, 5) is 0. The van der Waals surface area contributed by atoms with Crippen LogP contribution in [0.5, 0.6) is 0 Å². The van der Waals surface area contributed by atoms with Crippen molar-refractivity contribution in [3.8, 4) is 0 Å². The van der Waals surface area contributed by atoms with Crippen LogP contribution in [0.25, 0.3) is 0 Å². The van der Waals surface area contributed by atoms with Crippen LogP contribution in [0.15, 0.2) is 16.8 Å². The first-order chi connectivity index (χ1) is 7.16. The van der Waals surface area contributed by atoms with E-state index in [0.29, 0.717) is 5.41 Å². The molecule has 2 heteroatoms. The summed E-state index contributed by atoms with van der Waals surface area (Å²) in [5, 5.41) is 8.08. The average Bonchev–Trinajstić information content (AvgIpc) is 2.65. The molecule has 0 aliphatic heterocycles. The Morgan fingerprint density at radius 2 is 2.40 bits per heavy atom. The lowest BCUT2D eigenvalue weighted by Crippen LogP contribution is -2.36. The predicted molar refractivity (Wildman–Crippen MR) is 67.2 cm³/mol. The normalized spacial score (nSPS) is 25.3. The molecule has 0 spiro atoms. The number of thiophene rings is 1. The van der Waals surface area contributed by atoms with E-state index < -0.39 is 0 Å². The lowest BCUT2D eigenvalue weighted by molar-refractivity contribution is 0.198. The molecule has 2 rings (SSSR count). The Balaban J connectivity index is 1.80. The van der Waals surface area contributed by atoms with Crippen molar-refractivity contribution < 1.29 is 0 Å². The van der Waals surface area contributed by atoms with Crippen LogP contribution < -0.4 is 5.32 Å². The van der Waals surface area contributed by atoms with Gasteiger partial charge in [0.15, 0.2) is 0 Å². The van der Waals surface area contributed by atoms with Crippen LogP contribution in [0.2, 0.25) is 0 Å². The molecular formula is C13H21NS. The maximum atomic E-state index is 3.69. The molecule has 84 valence electrons. The van der Waals surface area contributed by atoms with Crippen LogP contribution in [-0.4, -0.2) is 6.04 Å². The first kappa shape index (κ1) is 11.2. The maximum absolute atomic E-state index is 3.69. The van der Waals surface area contributed by atoms with Crippen molar-refractivity contribution in [2.75, 3.05) is 0 Å². The Kier molecular flexibility index (Phi) is 3.47. The second-order valence-electron chi connectivity index (χ2n) is 5.47. The molecule has 1 aliphatic carbocycles.